The molecule has 0 aliphatic carbocycles. The Kier molecular flexibility index (Phi) is 6.45. The first-order valence-corrected chi connectivity index (χ1v) is 10.8. The van der Waals surface area contributed by atoms with E-state index in [-0.39, 0.29) is 28.5 Å². The molecule has 2 aromatic rings. The maximum absolute atomic E-state index is 13.0. The smallest absolute Gasteiger partial charge is 0.330 e. The normalized spacial score (nSPS) is 11.4. The van der Waals surface area contributed by atoms with Crippen LogP contribution in [0, 0.1) is 0 Å². The van der Waals surface area contributed by atoms with Crippen LogP contribution < -0.4 is 21.9 Å². The Morgan fingerprint density at radius 1 is 1.25 bits per heavy atom. The Morgan fingerprint density at radius 2 is 1.93 bits per heavy atom. The molecule has 10 heteroatoms. The van der Waals surface area contributed by atoms with E-state index in [1.807, 2.05) is 6.92 Å². The van der Waals surface area contributed by atoms with Crippen molar-refractivity contribution < 1.29 is 13.2 Å². The number of amides is 1. The van der Waals surface area contributed by atoms with Crippen molar-refractivity contribution in [1.29, 1.82) is 0 Å². The summed E-state index contributed by atoms with van der Waals surface area (Å²) in [5, 5.41) is 0. The summed E-state index contributed by atoms with van der Waals surface area (Å²) in [6.45, 7) is 4.00. The average Bonchev–Trinajstić information content (AvgIpc) is 2.63. The van der Waals surface area contributed by atoms with Gasteiger partial charge in [-0.1, -0.05) is 19.4 Å². The van der Waals surface area contributed by atoms with E-state index >= 15 is 0 Å². The highest BCUT2D eigenvalue weighted by Crippen LogP contribution is 2.21. The van der Waals surface area contributed by atoms with Gasteiger partial charge in [-0.2, -0.15) is 0 Å². The van der Waals surface area contributed by atoms with Crippen molar-refractivity contribution in [2.24, 2.45) is 0 Å². The van der Waals surface area contributed by atoms with Gasteiger partial charge in [0.05, 0.1) is 4.90 Å². The predicted octanol–water partition coefficient (Wildman–Crippen LogP) is 0.989. The fourth-order valence-electron chi connectivity index (χ4n) is 2.80. The highest BCUT2D eigenvalue weighted by Gasteiger charge is 2.24. The van der Waals surface area contributed by atoms with Crippen LogP contribution in [0.15, 0.2) is 38.8 Å². The fraction of sp³-hybridized carbons (Fsp3) is 0.389. The van der Waals surface area contributed by atoms with Crippen LogP contribution in [0.25, 0.3) is 0 Å². The summed E-state index contributed by atoms with van der Waals surface area (Å²) in [6, 6.07) is 5.54. The highest BCUT2D eigenvalue weighted by molar-refractivity contribution is 7.90. The predicted molar refractivity (Wildman–Crippen MR) is 108 cm³/mol. The molecule has 0 aliphatic rings. The molecule has 28 heavy (non-hydrogen) atoms. The molecule has 2 rings (SSSR count). The lowest BCUT2D eigenvalue weighted by Crippen LogP contribution is -2.41. The van der Waals surface area contributed by atoms with Gasteiger partial charge < -0.3 is 10.6 Å². The van der Waals surface area contributed by atoms with Gasteiger partial charge in [0.25, 0.3) is 11.5 Å². The lowest BCUT2D eigenvalue weighted by Gasteiger charge is -2.23. The number of hydrogen-bond acceptors (Lipinski definition) is 6. The maximum Gasteiger partial charge on any atom is 0.330 e. The molecule has 0 aliphatic heterocycles. The zero-order chi connectivity index (χ0) is 21.1. The van der Waals surface area contributed by atoms with Crippen molar-refractivity contribution in [2.75, 3.05) is 23.4 Å². The number of carbonyl (C=O) groups excluding carboxylic acids is 1. The standard InChI is InChI=1S/C18H24N4O5S/c1-4-6-10-22-15(19)14(16(23)20-18(22)25)21(5-2)17(24)12-8-7-9-13(11-12)28(3,26)27/h7-9,11H,4-6,10,19H2,1-3H3,(H,20,23,25). The number of aromatic amines is 1. The fourth-order valence-corrected chi connectivity index (χ4v) is 3.46. The molecule has 1 aromatic carbocycles. The van der Waals surface area contributed by atoms with Crippen LogP contribution in [-0.4, -0.2) is 36.7 Å². The van der Waals surface area contributed by atoms with E-state index in [0.717, 1.165) is 17.6 Å². The molecular formula is C18H24N4O5S. The summed E-state index contributed by atoms with van der Waals surface area (Å²) < 4.78 is 24.8. The molecule has 9 nitrogen and oxygen atoms in total. The topological polar surface area (TPSA) is 135 Å². The number of carbonyl (C=O) groups is 1. The van der Waals surface area contributed by atoms with Gasteiger partial charge in [-0.25, -0.2) is 13.2 Å². The number of nitrogen functional groups attached to an aromatic ring is 1. The molecule has 1 aromatic heterocycles. The summed E-state index contributed by atoms with van der Waals surface area (Å²) in [7, 11) is -3.50. The van der Waals surface area contributed by atoms with Gasteiger partial charge in [0.2, 0.25) is 0 Å². The van der Waals surface area contributed by atoms with Crippen LogP contribution in [-0.2, 0) is 16.4 Å². The van der Waals surface area contributed by atoms with Crippen molar-refractivity contribution in [3.05, 3.63) is 50.7 Å². The van der Waals surface area contributed by atoms with Crippen molar-refractivity contribution in [2.45, 2.75) is 38.1 Å². The number of aromatic nitrogens is 2. The van der Waals surface area contributed by atoms with Gasteiger partial charge in [0, 0.05) is 24.9 Å². The zero-order valence-corrected chi connectivity index (χ0v) is 16.9. The second kappa shape index (κ2) is 8.42. The quantitative estimate of drug-likeness (QED) is 0.701. The van der Waals surface area contributed by atoms with Gasteiger partial charge >= 0.3 is 5.69 Å². The lowest BCUT2D eigenvalue weighted by atomic mass is 10.2. The number of rotatable bonds is 7. The monoisotopic (exact) mass is 408 g/mol. The van der Waals surface area contributed by atoms with E-state index in [0.29, 0.717) is 13.0 Å². The summed E-state index contributed by atoms with van der Waals surface area (Å²) in [5.41, 5.74) is 4.62. The molecule has 0 unspecified atom stereocenters. The molecule has 1 amide bonds. The molecule has 1 heterocycles. The number of nitrogens with zero attached hydrogens (tertiary/aromatic N) is 2. The Bertz CT molecular complexity index is 1100. The van der Waals surface area contributed by atoms with Gasteiger partial charge in [-0.05, 0) is 31.5 Å². The van der Waals surface area contributed by atoms with Crippen LogP contribution in [0.2, 0.25) is 0 Å². The molecule has 0 fully saturated rings. The summed E-state index contributed by atoms with van der Waals surface area (Å²) >= 11 is 0. The minimum Gasteiger partial charge on any atom is -0.383 e. The zero-order valence-electron chi connectivity index (χ0n) is 16.1. The minimum absolute atomic E-state index is 0.01000. The Hall–Kier alpha value is -2.88. The van der Waals surface area contributed by atoms with Crippen molar-refractivity contribution in [1.82, 2.24) is 9.55 Å². The molecule has 0 radical (unpaired) electrons. The molecule has 0 saturated heterocycles. The van der Waals surface area contributed by atoms with E-state index in [4.69, 9.17) is 5.73 Å². The first kappa shape index (κ1) is 21.4. The number of benzene rings is 1. The van der Waals surface area contributed by atoms with E-state index in [1.54, 1.807) is 6.92 Å². The number of nitrogens with one attached hydrogen (secondary N) is 1. The molecule has 0 atom stereocenters. The second-order valence-corrected chi connectivity index (χ2v) is 8.36. The summed E-state index contributed by atoms with van der Waals surface area (Å²) in [4.78, 5) is 40.8. The van der Waals surface area contributed by atoms with E-state index in [9.17, 15) is 22.8 Å². The first-order chi connectivity index (χ1) is 13.1. The van der Waals surface area contributed by atoms with Crippen molar-refractivity contribution >= 4 is 27.2 Å². The Morgan fingerprint density at radius 3 is 2.50 bits per heavy atom. The Balaban J connectivity index is 2.58. The molecule has 0 spiro atoms. The average molecular weight is 408 g/mol. The van der Waals surface area contributed by atoms with Gasteiger partial charge in [-0.3, -0.25) is 19.1 Å². The number of nitrogens with two attached hydrogens (primary N) is 1. The minimum atomic E-state index is -3.50. The summed E-state index contributed by atoms with van der Waals surface area (Å²) in [6.07, 6.45) is 2.53. The number of sulfone groups is 1. The van der Waals surface area contributed by atoms with Crippen molar-refractivity contribution in [3.8, 4) is 0 Å². The van der Waals surface area contributed by atoms with E-state index in [1.165, 1.54) is 28.8 Å². The lowest BCUT2D eigenvalue weighted by molar-refractivity contribution is 0.0987. The number of H-pyrrole nitrogens is 1. The van der Waals surface area contributed by atoms with Gasteiger partial charge in [0.1, 0.15) is 5.82 Å². The Labute approximate surface area is 162 Å². The van der Waals surface area contributed by atoms with E-state index in [2.05, 4.69) is 4.98 Å². The van der Waals surface area contributed by atoms with E-state index < -0.39 is 27.0 Å². The largest absolute Gasteiger partial charge is 0.383 e. The highest BCUT2D eigenvalue weighted by atomic mass is 32.2. The third-order valence-corrected chi connectivity index (χ3v) is 5.40. The first-order valence-electron chi connectivity index (χ1n) is 8.86. The third-order valence-electron chi connectivity index (χ3n) is 4.29. The van der Waals surface area contributed by atoms with Crippen LogP contribution in [0.1, 0.15) is 37.0 Å². The number of unbranched alkanes of at least 4 members (excludes halogenated alkanes) is 1. The summed E-state index contributed by atoms with van der Waals surface area (Å²) in [5.74, 6) is -0.692. The second-order valence-electron chi connectivity index (χ2n) is 6.35. The third kappa shape index (κ3) is 4.33. The van der Waals surface area contributed by atoms with Gasteiger partial charge in [0.15, 0.2) is 15.5 Å². The van der Waals surface area contributed by atoms with Crippen LogP contribution in [0.3, 0.4) is 0 Å². The molecular weight excluding hydrogens is 384 g/mol. The van der Waals surface area contributed by atoms with Crippen LogP contribution >= 0.6 is 0 Å². The number of hydrogen-bond donors (Lipinski definition) is 2. The maximum atomic E-state index is 13.0. The molecule has 0 saturated carbocycles. The SMILES string of the molecule is CCCCn1c(N)c(N(CC)C(=O)c2cccc(S(C)(=O)=O)c2)c(=O)[nH]c1=O. The van der Waals surface area contributed by atoms with Crippen molar-refractivity contribution in [3.63, 3.8) is 0 Å². The molecule has 3 N–H and O–H groups in total. The number of anilines is 2. The van der Waals surface area contributed by atoms with Gasteiger partial charge in [-0.15, -0.1) is 0 Å². The van der Waals surface area contributed by atoms with Crippen LogP contribution in [0.4, 0.5) is 11.5 Å². The van der Waals surface area contributed by atoms with Crippen LogP contribution in [0.5, 0.6) is 0 Å². The molecule has 152 valence electrons. The molecule has 0 bridgehead atoms.